The molecule has 0 aliphatic carbocycles. The zero-order chi connectivity index (χ0) is 22.2. The van der Waals surface area contributed by atoms with Crippen molar-refractivity contribution in [3.63, 3.8) is 0 Å². The molecule has 0 unspecified atom stereocenters. The number of hydrogen-bond donors (Lipinski definition) is 1. The zero-order valence-corrected chi connectivity index (χ0v) is 18.7. The average Bonchev–Trinajstić information content (AvgIpc) is 3.45. The predicted octanol–water partition coefficient (Wildman–Crippen LogP) is 3.10. The van der Waals surface area contributed by atoms with Crippen LogP contribution in [0.3, 0.4) is 0 Å². The molecular weight excluding hydrogens is 402 g/mol. The van der Waals surface area contributed by atoms with Crippen LogP contribution < -0.4 is 4.90 Å². The number of piperazine rings is 1. The molecule has 1 aliphatic heterocycles. The maximum atomic E-state index is 13.1. The Labute approximate surface area is 186 Å². The van der Waals surface area contributed by atoms with Crippen LogP contribution in [0.15, 0.2) is 42.9 Å². The topological polar surface area (TPSA) is 82.9 Å². The van der Waals surface area contributed by atoms with Gasteiger partial charge in [0, 0.05) is 50.5 Å². The highest BCUT2D eigenvalue weighted by molar-refractivity contribution is 5.90. The number of nitrogens with one attached hydrogen (secondary N) is 1. The number of anilines is 1. The van der Waals surface area contributed by atoms with Gasteiger partial charge in [-0.2, -0.15) is 5.10 Å². The first-order chi connectivity index (χ1) is 15.5. The number of rotatable bonds is 4. The van der Waals surface area contributed by atoms with Gasteiger partial charge in [0.2, 0.25) is 5.91 Å². The first-order valence-corrected chi connectivity index (χ1v) is 10.9. The summed E-state index contributed by atoms with van der Waals surface area (Å²) in [4.78, 5) is 29.3. The Kier molecular flexibility index (Phi) is 5.13. The van der Waals surface area contributed by atoms with E-state index in [9.17, 15) is 4.79 Å². The number of carbonyl (C=O) groups excluding carboxylic acids is 1. The van der Waals surface area contributed by atoms with E-state index < -0.39 is 0 Å². The van der Waals surface area contributed by atoms with E-state index >= 15 is 0 Å². The predicted molar refractivity (Wildman–Crippen MR) is 125 cm³/mol. The quantitative estimate of drug-likeness (QED) is 0.539. The van der Waals surface area contributed by atoms with Gasteiger partial charge in [0.1, 0.15) is 12.2 Å². The third-order valence-corrected chi connectivity index (χ3v) is 6.30. The summed E-state index contributed by atoms with van der Waals surface area (Å²) < 4.78 is 1.69. The van der Waals surface area contributed by atoms with Crippen molar-refractivity contribution in [2.24, 2.45) is 0 Å². The Bertz CT molecular complexity index is 1270. The number of amides is 1. The molecule has 0 bridgehead atoms. The third kappa shape index (κ3) is 3.62. The lowest BCUT2D eigenvalue weighted by atomic mass is 10.0. The molecule has 1 amide bonds. The summed E-state index contributed by atoms with van der Waals surface area (Å²) in [5.41, 5.74) is 6.57. The summed E-state index contributed by atoms with van der Waals surface area (Å²) in [5.74, 6) is 0.731. The first kappa shape index (κ1) is 20.2. The van der Waals surface area contributed by atoms with Crippen molar-refractivity contribution in [1.82, 2.24) is 29.6 Å². The number of aromatic nitrogens is 5. The minimum absolute atomic E-state index is 0.0579. The first-order valence-electron chi connectivity index (χ1n) is 10.9. The fourth-order valence-electron chi connectivity index (χ4n) is 4.40. The molecule has 0 atom stereocenters. The largest absolute Gasteiger partial charge is 0.368 e. The van der Waals surface area contributed by atoms with E-state index in [-0.39, 0.29) is 12.5 Å². The van der Waals surface area contributed by atoms with Crippen LogP contribution in [0.2, 0.25) is 0 Å². The Morgan fingerprint density at radius 1 is 1.00 bits per heavy atom. The second-order valence-electron chi connectivity index (χ2n) is 8.41. The van der Waals surface area contributed by atoms with E-state index in [1.165, 1.54) is 22.4 Å². The van der Waals surface area contributed by atoms with Crippen molar-refractivity contribution in [2.45, 2.75) is 27.3 Å². The molecule has 8 nitrogen and oxygen atoms in total. The van der Waals surface area contributed by atoms with E-state index in [0.29, 0.717) is 30.3 Å². The monoisotopic (exact) mass is 429 g/mol. The highest BCUT2D eigenvalue weighted by atomic mass is 16.2. The van der Waals surface area contributed by atoms with E-state index in [1.807, 2.05) is 17.0 Å². The minimum atomic E-state index is 0.0579. The molecular formula is C24H27N7O. The van der Waals surface area contributed by atoms with Crippen LogP contribution in [0, 0.1) is 20.8 Å². The Balaban J connectivity index is 1.31. The second-order valence-corrected chi connectivity index (χ2v) is 8.41. The fraction of sp³-hybridized carbons (Fsp3) is 0.333. The van der Waals surface area contributed by atoms with E-state index in [4.69, 9.17) is 0 Å². The molecule has 1 aromatic carbocycles. The van der Waals surface area contributed by atoms with Crippen molar-refractivity contribution < 1.29 is 4.79 Å². The molecule has 1 saturated heterocycles. The molecule has 0 spiro atoms. The van der Waals surface area contributed by atoms with Gasteiger partial charge in [0.05, 0.1) is 5.39 Å². The Morgan fingerprint density at radius 2 is 1.78 bits per heavy atom. The molecule has 32 heavy (non-hydrogen) atoms. The van der Waals surface area contributed by atoms with Crippen molar-refractivity contribution in [3.05, 3.63) is 59.5 Å². The SMILES string of the molecule is Cc1cc(C)c(N2CCN(C(=O)Cn3nc(-c4ncc[nH]4)c4cccnc43)CC2)cc1C. The number of aryl methyl sites for hydroxylation is 3. The molecule has 1 N–H and O–H groups in total. The maximum Gasteiger partial charge on any atom is 0.244 e. The lowest BCUT2D eigenvalue weighted by Gasteiger charge is -2.37. The number of fused-ring (bicyclic) bond motifs is 1. The normalized spacial score (nSPS) is 14.3. The zero-order valence-electron chi connectivity index (χ0n) is 18.7. The van der Waals surface area contributed by atoms with Crippen LogP contribution in [0.1, 0.15) is 16.7 Å². The van der Waals surface area contributed by atoms with Crippen molar-refractivity contribution in [3.8, 4) is 11.5 Å². The molecule has 1 aliphatic rings. The third-order valence-electron chi connectivity index (χ3n) is 6.30. The lowest BCUT2D eigenvalue weighted by Crippen LogP contribution is -2.49. The molecule has 0 saturated carbocycles. The molecule has 4 heterocycles. The van der Waals surface area contributed by atoms with Gasteiger partial charge in [-0.15, -0.1) is 0 Å². The van der Waals surface area contributed by atoms with Gasteiger partial charge in [0.15, 0.2) is 11.5 Å². The number of imidazole rings is 1. The summed E-state index contributed by atoms with van der Waals surface area (Å²) in [6, 6.07) is 8.34. The fourth-order valence-corrected chi connectivity index (χ4v) is 4.40. The smallest absolute Gasteiger partial charge is 0.244 e. The van der Waals surface area contributed by atoms with Crippen LogP contribution in [0.4, 0.5) is 5.69 Å². The molecule has 164 valence electrons. The highest BCUT2D eigenvalue weighted by Crippen LogP contribution is 2.26. The highest BCUT2D eigenvalue weighted by Gasteiger charge is 2.24. The number of hydrogen-bond acceptors (Lipinski definition) is 5. The van der Waals surface area contributed by atoms with Crippen LogP contribution >= 0.6 is 0 Å². The van der Waals surface area contributed by atoms with Gasteiger partial charge in [0.25, 0.3) is 0 Å². The number of carbonyl (C=O) groups is 1. The number of pyridine rings is 1. The second kappa shape index (κ2) is 8.11. The molecule has 3 aromatic heterocycles. The Morgan fingerprint density at radius 3 is 2.53 bits per heavy atom. The van der Waals surface area contributed by atoms with Gasteiger partial charge < -0.3 is 14.8 Å². The summed E-state index contributed by atoms with van der Waals surface area (Å²) in [6.45, 7) is 9.66. The summed E-state index contributed by atoms with van der Waals surface area (Å²) >= 11 is 0. The molecule has 5 rings (SSSR count). The van der Waals surface area contributed by atoms with Crippen LogP contribution in [-0.4, -0.2) is 61.7 Å². The summed E-state index contributed by atoms with van der Waals surface area (Å²) in [6.07, 6.45) is 5.18. The standard InChI is InChI=1S/C24H27N7O/c1-16-13-18(3)20(14-17(16)2)29-9-11-30(12-10-29)21(32)15-31-24-19(5-4-6-27-24)22(28-31)23-25-7-8-26-23/h4-8,13-14H,9-12,15H2,1-3H3,(H,25,26). The van der Waals surface area contributed by atoms with Crippen molar-refractivity contribution in [2.75, 3.05) is 31.1 Å². The van der Waals surface area contributed by atoms with Gasteiger partial charge >= 0.3 is 0 Å². The van der Waals surface area contributed by atoms with Crippen LogP contribution in [0.25, 0.3) is 22.6 Å². The summed E-state index contributed by atoms with van der Waals surface area (Å²) in [7, 11) is 0. The molecule has 1 fully saturated rings. The van der Waals surface area contributed by atoms with Gasteiger partial charge in [-0.25, -0.2) is 14.6 Å². The molecule has 0 radical (unpaired) electrons. The van der Waals surface area contributed by atoms with Crippen LogP contribution in [-0.2, 0) is 11.3 Å². The molecule has 8 heteroatoms. The number of nitrogens with zero attached hydrogens (tertiary/aromatic N) is 6. The van der Waals surface area contributed by atoms with Gasteiger partial charge in [-0.3, -0.25) is 4.79 Å². The maximum absolute atomic E-state index is 13.1. The number of benzene rings is 1. The van der Waals surface area contributed by atoms with Crippen molar-refractivity contribution >= 4 is 22.6 Å². The average molecular weight is 430 g/mol. The minimum Gasteiger partial charge on any atom is -0.368 e. The number of aromatic amines is 1. The van der Waals surface area contributed by atoms with E-state index in [0.717, 1.165) is 18.5 Å². The number of H-pyrrole nitrogens is 1. The van der Waals surface area contributed by atoms with Gasteiger partial charge in [-0.1, -0.05) is 6.07 Å². The lowest BCUT2D eigenvalue weighted by molar-refractivity contribution is -0.132. The van der Waals surface area contributed by atoms with E-state index in [1.54, 1.807) is 23.3 Å². The summed E-state index contributed by atoms with van der Waals surface area (Å²) in [5, 5.41) is 5.54. The van der Waals surface area contributed by atoms with Crippen LogP contribution in [0.5, 0.6) is 0 Å². The van der Waals surface area contributed by atoms with Gasteiger partial charge in [-0.05, 0) is 55.7 Å². The molecule has 4 aromatic rings. The van der Waals surface area contributed by atoms with E-state index in [2.05, 4.69) is 57.9 Å². The van der Waals surface area contributed by atoms with Crippen molar-refractivity contribution in [1.29, 1.82) is 0 Å². The Hall–Kier alpha value is -3.68.